The Morgan fingerprint density at radius 2 is 1.64 bits per heavy atom. The maximum Gasteiger partial charge on any atom is 0.335 e. The number of benzene rings is 4. The molecule has 0 radical (unpaired) electrons. The second-order valence-electron chi connectivity index (χ2n) is 8.52. The Kier molecular flexibility index (Phi) is 7.30. The number of fused-ring (bicyclic) bond motifs is 1. The van der Waals surface area contributed by atoms with Crippen LogP contribution in [-0.2, 0) is 16.2 Å². The van der Waals surface area contributed by atoms with Gasteiger partial charge in [-0.15, -0.1) is 6.42 Å². The number of nitrogens with one attached hydrogen (secondary N) is 1. The minimum atomic E-state index is -0.853. The number of terminal acetylenes is 1. The minimum Gasteiger partial charge on any atom is -0.489 e. The Bertz CT molecular complexity index is 1670. The summed E-state index contributed by atoms with van der Waals surface area (Å²) in [5.41, 5.74) is 1.36. The van der Waals surface area contributed by atoms with Crippen molar-refractivity contribution in [1.29, 1.82) is 0 Å². The zero-order chi connectivity index (χ0) is 27.4. The number of nitrogens with zero attached hydrogens (tertiary/aromatic N) is 1. The van der Waals surface area contributed by atoms with E-state index >= 15 is 0 Å². The number of anilines is 1. The molecule has 0 aliphatic carbocycles. The smallest absolute Gasteiger partial charge is 0.335 e. The summed E-state index contributed by atoms with van der Waals surface area (Å²) in [6, 6.07) is 23.9. The fourth-order valence-electron chi connectivity index (χ4n) is 4.17. The molecule has 192 valence electrons. The standard InChI is InChI=1S/C31H21ClN2O5/c1-2-17-38-28-16-11-20-7-3-5-9-24(20)25(28)18-26-29(35)33-31(37)34(30(26)36)22-12-14-23(15-13-22)39-19-21-8-4-6-10-27(21)32/h1,3-16,18H,17,19H2,(H,33,35,37)/b26-18+. The molecule has 0 unspecified atom stereocenters. The van der Waals surface area contributed by atoms with Crippen LogP contribution in [0.4, 0.5) is 10.5 Å². The van der Waals surface area contributed by atoms with E-state index < -0.39 is 17.8 Å². The molecule has 1 heterocycles. The Balaban J connectivity index is 1.45. The molecule has 5 rings (SSSR count). The van der Waals surface area contributed by atoms with E-state index in [9.17, 15) is 14.4 Å². The molecule has 1 fully saturated rings. The second kappa shape index (κ2) is 11.1. The maximum absolute atomic E-state index is 13.5. The summed E-state index contributed by atoms with van der Waals surface area (Å²) in [4.78, 5) is 39.9. The first-order chi connectivity index (χ1) is 19.0. The van der Waals surface area contributed by atoms with Gasteiger partial charge in [-0.3, -0.25) is 14.9 Å². The highest BCUT2D eigenvalue weighted by atomic mass is 35.5. The van der Waals surface area contributed by atoms with E-state index in [1.165, 1.54) is 6.08 Å². The monoisotopic (exact) mass is 536 g/mol. The number of imide groups is 2. The average molecular weight is 537 g/mol. The van der Waals surface area contributed by atoms with E-state index in [1.807, 2.05) is 48.5 Å². The first-order valence-corrected chi connectivity index (χ1v) is 12.3. The summed E-state index contributed by atoms with van der Waals surface area (Å²) in [6.45, 7) is 0.253. The summed E-state index contributed by atoms with van der Waals surface area (Å²) in [5.74, 6) is 1.75. The van der Waals surface area contributed by atoms with Gasteiger partial charge < -0.3 is 9.47 Å². The van der Waals surface area contributed by atoms with Crippen LogP contribution < -0.4 is 19.7 Å². The van der Waals surface area contributed by atoms with Crippen molar-refractivity contribution in [2.45, 2.75) is 6.61 Å². The molecule has 4 aromatic rings. The molecule has 1 aliphatic rings. The number of urea groups is 1. The summed E-state index contributed by atoms with van der Waals surface area (Å²) < 4.78 is 11.5. The van der Waals surface area contributed by atoms with Crippen molar-refractivity contribution in [3.8, 4) is 23.8 Å². The van der Waals surface area contributed by atoms with Gasteiger partial charge in [0.2, 0.25) is 0 Å². The molecule has 7 nitrogen and oxygen atoms in total. The molecule has 1 aliphatic heterocycles. The van der Waals surface area contributed by atoms with Crippen LogP contribution in [0.2, 0.25) is 5.02 Å². The Hall–Kier alpha value is -5.06. The van der Waals surface area contributed by atoms with Crippen molar-refractivity contribution in [2.75, 3.05) is 11.5 Å². The van der Waals surface area contributed by atoms with E-state index in [2.05, 4.69) is 11.2 Å². The third-order valence-electron chi connectivity index (χ3n) is 6.08. The summed E-state index contributed by atoms with van der Waals surface area (Å²) in [7, 11) is 0. The van der Waals surface area contributed by atoms with Crippen LogP contribution in [0.1, 0.15) is 11.1 Å². The predicted molar refractivity (Wildman–Crippen MR) is 150 cm³/mol. The van der Waals surface area contributed by atoms with Crippen molar-refractivity contribution in [2.24, 2.45) is 0 Å². The highest BCUT2D eigenvalue weighted by Crippen LogP contribution is 2.32. The largest absolute Gasteiger partial charge is 0.489 e. The van der Waals surface area contributed by atoms with E-state index in [0.717, 1.165) is 21.2 Å². The summed E-state index contributed by atoms with van der Waals surface area (Å²) in [6.07, 6.45) is 6.79. The molecule has 0 atom stereocenters. The number of carbonyl (C=O) groups excluding carboxylic acids is 3. The van der Waals surface area contributed by atoms with Gasteiger partial charge in [0.05, 0.1) is 5.69 Å². The number of carbonyl (C=O) groups is 3. The highest BCUT2D eigenvalue weighted by molar-refractivity contribution is 6.39. The van der Waals surface area contributed by atoms with Crippen molar-refractivity contribution >= 4 is 52.0 Å². The number of halogens is 1. The molecular formula is C31H21ClN2O5. The number of rotatable bonds is 7. The van der Waals surface area contributed by atoms with Crippen LogP contribution >= 0.6 is 11.6 Å². The van der Waals surface area contributed by atoms with Crippen molar-refractivity contribution < 1.29 is 23.9 Å². The zero-order valence-corrected chi connectivity index (χ0v) is 21.3. The van der Waals surface area contributed by atoms with Crippen LogP contribution in [0.15, 0.2) is 90.5 Å². The number of barbiturate groups is 1. The number of ether oxygens (including phenoxy) is 2. The molecule has 1 saturated heterocycles. The summed E-state index contributed by atoms with van der Waals surface area (Å²) >= 11 is 6.18. The van der Waals surface area contributed by atoms with Gasteiger partial charge in [0.1, 0.15) is 30.3 Å². The van der Waals surface area contributed by atoms with Crippen LogP contribution in [0.25, 0.3) is 16.8 Å². The first-order valence-electron chi connectivity index (χ1n) is 11.9. The van der Waals surface area contributed by atoms with Gasteiger partial charge in [-0.2, -0.15) is 0 Å². The predicted octanol–water partition coefficient (Wildman–Crippen LogP) is 5.75. The lowest BCUT2D eigenvalue weighted by Gasteiger charge is -2.26. The van der Waals surface area contributed by atoms with E-state index in [1.54, 1.807) is 36.4 Å². The topological polar surface area (TPSA) is 84.9 Å². The van der Waals surface area contributed by atoms with Gasteiger partial charge in [0.25, 0.3) is 11.8 Å². The molecule has 8 heteroatoms. The average Bonchev–Trinajstić information content (AvgIpc) is 2.94. The lowest BCUT2D eigenvalue weighted by molar-refractivity contribution is -0.122. The van der Waals surface area contributed by atoms with Gasteiger partial charge >= 0.3 is 6.03 Å². The van der Waals surface area contributed by atoms with E-state index in [-0.39, 0.29) is 24.5 Å². The second-order valence-corrected chi connectivity index (χ2v) is 8.93. The Morgan fingerprint density at radius 1 is 0.897 bits per heavy atom. The minimum absolute atomic E-state index is 0.00413. The van der Waals surface area contributed by atoms with Gasteiger partial charge in [-0.05, 0) is 53.2 Å². The van der Waals surface area contributed by atoms with Gasteiger partial charge in [0, 0.05) is 16.1 Å². The third-order valence-corrected chi connectivity index (χ3v) is 6.45. The molecule has 1 N–H and O–H groups in total. The fraction of sp³-hybridized carbons (Fsp3) is 0.0645. The number of hydrogen-bond donors (Lipinski definition) is 1. The van der Waals surface area contributed by atoms with Crippen LogP contribution in [0, 0.1) is 12.3 Å². The van der Waals surface area contributed by atoms with Gasteiger partial charge in [-0.1, -0.05) is 66.1 Å². The van der Waals surface area contributed by atoms with E-state index in [0.29, 0.717) is 22.1 Å². The quantitative estimate of drug-likeness (QED) is 0.185. The maximum atomic E-state index is 13.5. The third kappa shape index (κ3) is 5.33. The molecule has 4 amide bonds. The molecule has 0 spiro atoms. The molecule has 0 saturated carbocycles. The van der Waals surface area contributed by atoms with Gasteiger partial charge in [0.15, 0.2) is 0 Å². The number of amides is 4. The lowest BCUT2D eigenvalue weighted by atomic mass is 9.99. The van der Waals surface area contributed by atoms with Crippen molar-refractivity contribution in [1.82, 2.24) is 5.32 Å². The first kappa shape index (κ1) is 25.6. The van der Waals surface area contributed by atoms with Crippen LogP contribution in [0.5, 0.6) is 11.5 Å². The highest BCUT2D eigenvalue weighted by Gasteiger charge is 2.37. The SMILES string of the molecule is C#CCOc1ccc2ccccc2c1/C=C1\C(=O)NC(=O)N(c2ccc(OCc3ccccc3Cl)cc2)C1=O. The lowest BCUT2D eigenvalue weighted by Crippen LogP contribution is -2.54. The van der Waals surface area contributed by atoms with Crippen LogP contribution in [0.3, 0.4) is 0 Å². The molecule has 0 aromatic heterocycles. The molecule has 4 aromatic carbocycles. The number of hydrogen-bond acceptors (Lipinski definition) is 5. The van der Waals surface area contributed by atoms with Gasteiger partial charge in [-0.25, -0.2) is 9.69 Å². The molecule has 39 heavy (non-hydrogen) atoms. The fourth-order valence-corrected chi connectivity index (χ4v) is 4.36. The van der Waals surface area contributed by atoms with E-state index in [4.69, 9.17) is 27.5 Å². The van der Waals surface area contributed by atoms with Crippen molar-refractivity contribution in [3.05, 3.63) is 107 Å². The normalized spacial score (nSPS) is 14.3. The van der Waals surface area contributed by atoms with Crippen molar-refractivity contribution in [3.63, 3.8) is 0 Å². The van der Waals surface area contributed by atoms with Crippen LogP contribution in [-0.4, -0.2) is 24.5 Å². The zero-order valence-electron chi connectivity index (χ0n) is 20.5. The molecular weight excluding hydrogens is 516 g/mol. The summed E-state index contributed by atoms with van der Waals surface area (Å²) in [5, 5.41) is 4.47. The Labute approximate surface area is 229 Å². The Morgan fingerprint density at radius 3 is 2.41 bits per heavy atom. The molecule has 0 bridgehead atoms.